The normalized spacial score (nSPS) is 15.5. The predicted molar refractivity (Wildman–Crippen MR) is 89.8 cm³/mol. The molecule has 1 aliphatic carbocycles. The number of hydrogen-bond donors (Lipinski definition) is 1. The van der Waals surface area contributed by atoms with Gasteiger partial charge < -0.3 is 5.32 Å². The molecule has 1 aromatic carbocycles. The molecule has 0 aliphatic heterocycles. The molecule has 0 heterocycles. The third-order valence-electron chi connectivity index (χ3n) is 3.70. The maximum atomic E-state index is 12.0. The fraction of sp³-hybridized carbons (Fsp3) is 0.533. The molecule has 1 saturated carbocycles. The summed E-state index contributed by atoms with van der Waals surface area (Å²) >= 11 is 7.63. The molecule has 0 aromatic heterocycles. The number of carbonyl (C=O) groups excluding carboxylic acids is 1. The molecule has 120 valence electrons. The van der Waals surface area contributed by atoms with Crippen LogP contribution in [-0.4, -0.2) is 28.4 Å². The molecule has 0 spiro atoms. The molecule has 22 heavy (non-hydrogen) atoms. The summed E-state index contributed by atoms with van der Waals surface area (Å²) in [6.07, 6.45) is 6.48. The van der Waals surface area contributed by atoms with Crippen molar-refractivity contribution in [2.45, 2.75) is 37.4 Å². The summed E-state index contributed by atoms with van der Waals surface area (Å²) in [7, 11) is 0. The second-order valence-electron chi connectivity index (χ2n) is 5.31. The zero-order valence-electron chi connectivity index (χ0n) is 12.2. The predicted octanol–water partition coefficient (Wildman–Crippen LogP) is 4.04. The second kappa shape index (κ2) is 8.39. The van der Waals surface area contributed by atoms with E-state index in [1.807, 2.05) is 11.8 Å². The number of benzene rings is 1. The zero-order chi connectivity index (χ0) is 15.9. The number of nitro benzene ring substituents is 1. The molecule has 1 aromatic rings. The summed E-state index contributed by atoms with van der Waals surface area (Å²) in [5.74, 6) is 0.565. The van der Waals surface area contributed by atoms with E-state index in [1.165, 1.54) is 50.3 Å². The van der Waals surface area contributed by atoms with Gasteiger partial charge in [-0.05, 0) is 25.0 Å². The van der Waals surface area contributed by atoms with Crippen LogP contribution < -0.4 is 5.32 Å². The van der Waals surface area contributed by atoms with Crippen LogP contribution in [0.25, 0.3) is 0 Å². The topological polar surface area (TPSA) is 72.2 Å². The van der Waals surface area contributed by atoms with Crippen LogP contribution in [0, 0.1) is 10.1 Å². The van der Waals surface area contributed by atoms with Crippen molar-refractivity contribution in [2.75, 3.05) is 12.3 Å². The first-order valence-electron chi connectivity index (χ1n) is 7.41. The average Bonchev–Trinajstić information content (AvgIpc) is 2.52. The Hall–Kier alpha value is -1.27. The Morgan fingerprint density at radius 2 is 2.09 bits per heavy atom. The number of thioether (sulfide) groups is 1. The summed E-state index contributed by atoms with van der Waals surface area (Å²) in [4.78, 5) is 22.2. The van der Waals surface area contributed by atoms with E-state index in [0.717, 1.165) is 5.75 Å². The molecule has 1 fully saturated rings. The van der Waals surface area contributed by atoms with Crippen LogP contribution in [0.3, 0.4) is 0 Å². The Balaban J connectivity index is 1.79. The molecule has 0 atom stereocenters. The van der Waals surface area contributed by atoms with Gasteiger partial charge in [0, 0.05) is 29.2 Å². The Morgan fingerprint density at radius 3 is 2.77 bits per heavy atom. The number of rotatable bonds is 6. The molecular weight excluding hydrogens is 324 g/mol. The molecule has 1 amide bonds. The standard InChI is InChI=1S/C15H19ClN2O3S/c16-13-7-6-11(10-14(13)18(20)21)15(19)17-8-9-22-12-4-2-1-3-5-12/h6-7,10,12H,1-5,8-9H2,(H,17,19). The van der Waals surface area contributed by atoms with Gasteiger partial charge in [0.2, 0.25) is 0 Å². The molecule has 0 saturated heterocycles. The molecule has 7 heteroatoms. The lowest BCUT2D eigenvalue weighted by Gasteiger charge is -2.20. The number of hydrogen-bond acceptors (Lipinski definition) is 4. The molecular formula is C15H19ClN2O3S. The molecule has 0 unspecified atom stereocenters. The van der Waals surface area contributed by atoms with Gasteiger partial charge in [-0.25, -0.2) is 0 Å². The van der Waals surface area contributed by atoms with Crippen molar-refractivity contribution >= 4 is 35.0 Å². The van der Waals surface area contributed by atoms with Crippen molar-refractivity contribution < 1.29 is 9.72 Å². The highest BCUT2D eigenvalue weighted by atomic mass is 35.5. The highest BCUT2D eigenvalue weighted by Crippen LogP contribution is 2.28. The third kappa shape index (κ3) is 4.88. The monoisotopic (exact) mass is 342 g/mol. The van der Waals surface area contributed by atoms with Crippen LogP contribution in [0.2, 0.25) is 5.02 Å². The minimum atomic E-state index is -0.585. The zero-order valence-corrected chi connectivity index (χ0v) is 13.8. The molecule has 1 N–H and O–H groups in total. The number of carbonyl (C=O) groups is 1. The Bertz CT molecular complexity index is 548. The molecule has 1 aliphatic rings. The minimum Gasteiger partial charge on any atom is -0.351 e. The van der Waals surface area contributed by atoms with E-state index in [9.17, 15) is 14.9 Å². The average molecular weight is 343 g/mol. The van der Waals surface area contributed by atoms with Gasteiger partial charge in [0.25, 0.3) is 11.6 Å². The lowest BCUT2D eigenvalue weighted by Crippen LogP contribution is -2.26. The van der Waals surface area contributed by atoms with E-state index < -0.39 is 4.92 Å². The van der Waals surface area contributed by atoms with E-state index in [2.05, 4.69) is 5.32 Å². The smallest absolute Gasteiger partial charge is 0.288 e. The molecule has 5 nitrogen and oxygen atoms in total. The van der Waals surface area contributed by atoms with E-state index in [0.29, 0.717) is 11.8 Å². The maximum Gasteiger partial charge on any atom is 0.288 e. The van der Waals surface area contributed by atoms with Gasteiger partial charge in [-0.2, -0.15) is 11.8 Å². The largest absolute Gasteiger partial charge is 0.351 e. The minimum absolute atomic E-state index is 0.0365. The molecule has 0 bridgehead atoms. The summed E-state index contributed by atoms with van der Waals surface area (Å²) < 4.78 is 0. The Kier molecular flexibility index (Phi) is 6.51. The van der Waals surface area contributed by atoms with E-state index in [-0.39, 0.29) is 22.2 Å². The van der Waals surface area contributed by atoms with Gasteiger partial charge in [0.15, 0.2) is 0 Å². The van der Waals surface area contributed by atoms with Crippen molar-refractivity contribution in [2.24, 2.45) is 0 Å². The maximum absolute atomic E-state index is 12.0. The lowest BCUT2D eigenvalue weighted by molar-refractivity contribution is -0.384. The van der Waals surface area contributed by atoms with Crippen LogP contribution in [0.1, 0.15) is 42.5 Å². The summed E-state index contributed by atoms with van der Waals surface area (Å²) in [5, 5.41) is 14.4. The van der Waals surface area contributed by atoms with Crippen LogP contribution in [0.5, 0.6) is 0 Å². The van der Waals surface area contributed by atoms with Crippen LogP contribution >= 0.6 is 23.4 Å². The van der Waals surface area contributed by atoms with Gasteiger partial charge in [0.05, 0.1) is 4.92 Å². The Labute approximate surface area is 139 Å². The summed E-state index contributed by atoms with van der Waals surface area (Å²) in [5.41, 5.74) is 0.0182. The second-order valence-corrected chi connectivity index (χ2v) is 7.13. The number of nitrogens with one attached hydrogen (secondary N) is 1. The summed E-state index contributed by atoms with van der Waals surface area (Å²) in [6, 6.07) is 4.09. The van der Waals surface area contributed by atoms with Crippen molar-refractivity contribution in [3.05, 3.63) is 38.9 Å². The van der Waals surface area contributed by atoms with Crippen molar-refractivity contribution in [1.29, 1.82) is 0 Å². The van der Waals surface area contributed by atoms with E-state index in [4.69, 9.17) is 11.6 Å². The number of nitro groups is 1. The van der Waals surface area contributed by atoms with Gasteiger partial charge in [-0.3, -0.25) is 14.9 Å². The van der Waals surface area contributed by atoms with Gasteiger partial charge >= 0.3 is 0 Å². The van der Waals surface area contributed by atoms with Gasteiger partial charge in [-0.15, -0.1) is 0 Å². The lowest BCUT2D eigenvalue weighted by atomic mass is 10.0. The quantitative estimate of drug-likeness (QED) is 0.481. The highest BCUT2D eigenvalue weighted by molar-refractivity contribution is 7.99. The van der Waals surface area contributed by atoms with Crippen molar-refractivity contribution in [3.8, 4) is 0 Å². The first-order chi connectivity index (χ1) is 10.6. The fourth-order valence-corrected chi connectivity index (χ4v) is 3.92. The van der Waals surface area contributed by atoms with Crippen LogP contribution in [0.15, 0.2) is 18.2 Å². The highest BCUT2D eigenvalue weighted by Gasteiger charge is 2.16. The number of nitrogens with zero attached hydrogens (tertiary/aromatic N) is 1. The van der Waals surface area contributed by atoms with E-state index >= 15 is 0 Å². The molecule has 2 rings (SSSR count). The first-order valence-corrected chi connectivity index (χ1v) is 8.84. The third-order valence-corrected chi connectivity index (χ3v) is 5.40. The molecule has 0 radical (unpaired) electrons. The van der Waals surface area contributed by atoms with Crippen LogP contribution in [0.4, 0.5) is 5.69 Å². The van der Waals surface area contributed by atoms with E-state index in [1.54, 1.807) is 0 Å². The van der Waals surface area contributed by atoms with Gasteiger partial charge in [0.1, 0.15) is 5.02 Å². The fourth-order valence-electron chi connectivity index (χ4n) is 2.52. The SMILES string of the molecule is O=C(NCCSC1CCCCC1)c1ccc(Cl)c([N+](=O)[O-])c1. The number of amides is 1. The summed E-state index contributed by atoms with van der Waals surface area (Å²) in [6.45, 7) is 0.566. The Morgan fingerprint density at radius 1 is 1.36 bits per heavy atom. The van der Waals surface area contributed by atoms with Crippen molar-refractivity contribution in [1.82, 2.24) is 5.32 Å². The van der Waals surface area contributed by atoms with Gasteiger partial charge in [-0.1, -0.05) is 30.9 Å². The first kappa shape index (κ1) is 17.1. The number of halogens is 1. The van der Waals surface area contributed by atoms with Crippen molar-refractivity contribution in [3.63, 3.8) is 0 Å². The van der Waals surface area contributed by atoms with Crippen LogP contribution in [-0.2, 0) is 0 Å².